The number of nitrogens with two attached hydrogens (primary N) is 1. The molecule has 0 rings (SSSR count). The van der Waals surface area contributed by atoms with E-state index in [-0.39, 0.29) is 18.8 Å². The topological polar surface area (TPSA) is 97.5 Å². The lowest BCUT2D eigenvalue weighted by Gasteiger charge is -2.20. The van der Waals surface area contributed by atoms with Crippen LogP contribution in [0.15, 0.2) is 0 Å². The van der Waals surface area contributed by atoms with E-state index in [2.05, 4.69) is 0 Å². The summed E-state index contributed by atoms with van der Waals surface area (Å²) in [6.07, 6.45) is 1.07. The van der Waals surface area contributed by atoms with Crippen LogP contribution < -0.4 is 5.73 Å². The molecule has 2 N–H and O–H groups in total. The van der Waals surface area contributed by atoms with Crippen LogP contribution >= 0.6 is 0 Å². The summed E-state index contributed by atoms with van der Waals surface area (Å²) in [7, 11) is -5.26. The molecular weight excluding hydrogens is 240 g/mol. The zero-order chi connectivity index (χ0) is 12.3. The first kappa shape index (κ1) is 14.8. The third-order valence-electron chi connectivity index (χ3n) is 2.05. The molecule has 1 atom stereocenters. The highest BCUT2D eigenvalue weighted by Crippen LogP contribution is 2.05. The van der Waals surface area contributed by atoms with Gasteiger partial charge >= 0.3 is 0 Å². The van der Waals surface area contributed by atoms with Crippen LogP contribution in [0.4, 0.5) is 0 Å². The molecule has 92 valence electrons. The van der Waals surface area contributed by atoms with Crippen molar-refractivity contribution in [2.45, 2.75) is 12.2 Å². The number of hydrogen-bond donors (Lipinski definition) is 1. The Morgan fingerprint density at radius 3 is 2.07 bits per heavy atom. The molecule has 15 heavy (non-hydrogen) atoms. The van der Waals surface area contributed by atoms with Gasteiger partial charge in [-0.15, -0.1) is 0 Å². The molecule has 1 unspecified atom stereocenters. The number of rotatable bonds is 6. The molecule has 8 heteroatoms. The fraction of sp³-hybridized carbons (Fsp3) is 1.00. The molecule has 0 heterocycles. The fourth-order valence-corrected chi connectivity index (χ4v) is 2.77. The van der Waals surface area contributed by atoms with Crippen molar-refractivity contribution < 1.29 is 16.8 Å². The van der Waals surface area contributed by atoms with Gasteiger partial charge in [-0.25, -0.2) is 21.1 Å². The summed E-state index contributed by atoms with van der Waals surface area (Å²) in [5.74, 6) is -0.181. The number of hydrogen-bond acceptors (Lipinski definition) is 5. The average molecular weight is 258 g/mol. The summed E-state index contributed by atoms with van der Waals surface area (Å²) in [6, 6.07) is 0. The molecule has 0 aliphatic rings. The van der Waals surface area contributed by atoms with Crippen LogP contribution in [0.5, 0.6) is 0 Å². The predicted octanol–water partition coefficient (Wildman–Crippen LogP) is -1.36. The molecule has 0 saturated heterocycles. The molecule has 0 radical (unpaired) electrons. The van der Waals surface area contributed by atoms with E-state index in [1.165, 1.54) is 14.0 Å². The third kappa shape index (κ3) is 4.92. The fourth-order valence-electron chi connectivity index (χ4n) is 0.850. The summed E-state index contributed by atoms with van der Waals surface area (Å²) in [5, 5.41) is -0.693. The molecule has 6 nitrogen and oxygen atoms in total. The minimum Gasteiger partial charge on any atom is -0.329 e. The largest absolute Gasteiger partial charge is 0.329 e. The molecule has 0 aromatic rings. The van der Waals surface area contributed by atoms with E-state index in [1.54, 1.807) is 0 Å². The molecule has 0 fully saturated rings. The lowest BCUT2D eigenvalue weighted by Crippen LogP contribution is -2.40. The second-order valence-electron chi connectivity index (χ2n) is 3.54. The van der Waals surface area contributed by atoms with Crippen molar-refractivity contribution in [3.63, 3.8) is 0 Å². The Kier molecular flexibility index (Phi) is 5.18. The van der Waals surface area contributed by atoms with Crippen LogP contribution in [0, 0.1) is 0 Å². The minimum atomic E-state index is -3.47. The minimum absolute atomic E-state index is 0.0194. The van der Waals surface area contributed by atoms with Crippen molar-refractivity contribution in [1.82, 2.24) is 4.31 Å². The molecule has 0 amide bonds. The van der Waals surface area contributed by atoms with Gasteiger partial charge in [-0.2, -0.15) is 0 Å². The summed E-state index contributed by atoms with van der Waals surface area (Å²) in [4.78, 5) is 0. The maximum absolute atomic E-state index is 11.6. The van der Waals surface area contributed by atoms with Gasteiger partial charge < -0.3 is 5.73 Å². The molecule has 0 aliphatic carbocycles. The SMILES string of the molecule is CC(CN)S(=O)(=O)N(C)CCS(C)(=O)=O. The smallest absolute Gasteiger partial charge is 0.217 e. The standard InChI is InChI=1S/C7H18N2O4S2/c1-7(6-8)15(12,13)9(2)4-5-14(3,10)11/h7H,4-6,8H2,1-3H3. The van der Waals surface area contributed by atoms with Crippen LogP contribution in [-0.4, -0.2) is 58.5 Å². The van der Waals surface area contributed by atoms with Gasteiger partial charge in [0.25, 0.3) is 0 Å². The van der Waals surface area contributed by atoms with Gasteiger partial charge in [0.2, 0.25) is 10.0 Å². The molecule has 0 aromatic heterocycles. The summed E-state index contributed by atoms with van der Waals surface area (Å²) < 4.78 is 46.0. The molecule has 0 saturated carbocycles. The Morgan fingerprint density at radius 1 is 1.27 bits per heavy atom. The average Bonchev–Trinajstić information content (AvgIpc) is 2.11. The van der Waals surface area contributed by atoms with Crippen molar-refractivity contribution in [2.24, 2.45) is 5.73 Å². The maximum Gasteiger partial charge on any atom is 0.217 e. The van der Waals surface area contributed by atoms with E-state index in [4.69, 9.17) is 5.73 Å². The van der Waals surface area contributed by atoms with Crippen LogP contribution in [0.2, 0.25) is 0 Å². The van der Waals surface area contributed by atoms with Crippen LogP contribution in [0.3, 0.4) is 0 Å². The lowest BCUT2D eigenvalue weighted by molar-refractivity contribution is 0.475. The quantitative estimate of drug-likeness (QED) is 0.634. The third-order valence-corrected chi connectivity index (χ3v) is 5.24. The molecule has 0 bridgehead atoms. The lowest BCUT2D eigenvalue weighted by atomic mass is 10.5. The Bertz CT molecular complexity index is 387. The van der Waals surface area contributed by atoms with Gasteiger partial charge in [-0.1, -0.05) is 0 Å². The Morgan fingerprint density at radius 2 is 1.73 bits per heavy atom. The van der Waals surface area contributed by atoms with E-state index < -0.39 is 25.1 Å². The van der Waals surface area contributed by atoms with Gasteiger partial charge in [-0.05, 0) is 6.92 Å². The molecule has 0 spiro atoms. The highest BCUT2D eigenvalue weighted by Gasteiger charge is 2.25. The van der Waals surface area contributed by atoms with Crippen LogP contribution in [0.25, 0.3) is 0 Å². The molecule has 0 aromatic carbocycles. The van der Waals surface area contributed by atoms with Crippen LogP contribution in [-0.2, 0) is 19.9 Å². The van der Waals surface area contributed by atoms with Gasteiger partial charge in [0, 0.05) is 26.4 Å². The van der Waals surface area contributed by atoms with E-state index in [0.29, 0.717) is 0 Å². The number of nitrogens with zero attached hydrogens (tertiary/aromatic N) is 1. The zero-order valence-electron chi connectivity index (χ0n) is 9.17. The number of sulfone groups is 1. The van der Waals surface area contributed by atoms with Crippen molar-refractivity contribution in [1.29, 1.82) is 0 Å². The van der Waals surface area contributed by atoms with Crippen LogP contribution in [0.1, 0.15) is 6.92 Å². The van der Waals surface area contributed by atoms with E-state index in [1.807, 2.05) is 0 Å². The van der Waals surface area contributed by atoms with E-state index >= 15 is 0 Å². The second-order valence-corrected chi connectivity index (χ2v) is 8.26. The van der Waals surface area contributed by atoms with Gasteiger partial charge in [0.1, 0.15) is 9.84 Å². The first-order valence-corrected chi connectivity index (χ1v) is 8.00. The summed E-state index contributed by atoms with van der Waals surface area (Å²) in [5.41, 5.74) is 5.25. The molecule has 0 aliphatic heterocycles. The van der Waals surface area contributed by atoms with Crippen molar-refractivity contribution in [3.8, 4) is 0 Å². The normalized spacial score (nSPS) is 15.5. The zero-order valence-corrected chi connectivity index (χ0v) is 10.8. The van der Waals surface area contributed by atoms with Crippen molar-refractivity contribution >= 4 is 19.9 Å². The Balaban J connectivity index is 4.53. The Labute approximate surface area is 91.4 Å². The monoisotopic (exact) mass is 258 g/mol. The second kappa shape index (κ2) is 5.24. The summed E-state index contributed by atoms with van der Waals surface area (Å²) >= 11 is 0. The first-order valence-electron chi connectivity index (χ1n) is 4.44. The van der Waals surface area contributed by atoms with Gasteiger partial charge in [0.05, 0.1) is 11.0 Å². The first-order chi connectivity index (χ1) is 6.61. The maximum atomic E-state index is 11.6. The molecular formula is C7H18N2O4S2. The van der Waals surface area contributed by atoms with Crippen molar-refractivity contribution in [3.05, 3.63) is 0 Å². The number of sulfonamides is 1. The van der Waals surface area contributed by atoms with E-state index in [9.17, 15) is 16.8 Å². The highest BCUT2D eigenvalue weighted by atomic mass is 32.2. The highest BCUT2D eigenvalue weighted by molar-refractivity contribution is 7.91. The Hall–Kier alpha value is -0.180. The van der Waals surface area contributed by atoms with Gasteiger partial charge in [0.15, 0.2) is 0 Å². The van der Waals surface area contributed by atoms with E-state index in [0.717, 1.165) is 10.6 Å². The summed E-state index contributed by atoms with van der Waals surface area (Å²) in [6.45, 7) is 1.48. The van der Waals surface area contributed by atoms with Gasteiger partial charge in [-0.3, -0.25) is 0 Å². The predicted molar refractivity (Wildman–Crippen MR) is 59.8 cm³/mol. The van der Waals surface area contributed by atoms with Crippen molar-refractivity contribution in [2.75, 3.05) is 32.1 Å².